The monoisotopic (exact) mass is 580 g/mol. The zero-order valence-corrected chi connectivity index (χ0v) is 23.3. The standard InChI is InChI=1S/C29H25ClN2O7S/c1-3-36-23-10-18(7-8-22(23)37-15-27(33)31-20-6-4-5-17(2)9-20)11-26-28(34)32(29(35)40-26)14-19-12-24-25(13-21(19)30)39-16-38-24/h4-13H,3,14-16H2,1-2H3,(H,31,33)/b26-11+. The Bertz CT molecular complexity index is 1520. The van der Waals surface area contributed by atoms with Crippen molar-refractivity contribution in [2.24, 2.45) is 0 Å². The second-order valence-corrected chi connectivity index (χ2v) is 10.3. The number of thioether (sulfide) groups is 1. The highest BCUT2D eigenvalue weighted by molar-refractivity contribution is 8.18. The zero-order valence-electron chi connectivity index (χ0n) is 21.7. The second-order valence-electron chi connectivity index (χ2n) is 8.91. The third-order valence-corrected chi connectivity index (χ3v) is 7.23. The van der Waals surface area contributed by atoms with Crippen LogP contribution in [0.25, 0.3) is 6.08 Å². The number of carbonyl (C=O) groups excluding carboxylic acids is 3. The predicted molar refractivity (Wildman–Crippen MR) is 152 cm³/mol. The molecule has 3 amide bonds. The molecule has 3 aromatic rings. The molecule has 0 aromatic heterocycles. The second kappa shape index (κ2) is 11.9. The van der Waals surface area contributed by atoms with E-state index in [1.165, 1.54) is 0 Å². The molecule has 2 heterocycles. The number of anilines is 1. The first kappa shape index (κ1) is 27.4. The van der Waals surface area contributed by atoms with Gasteiger partial charge in [-0.25, -0.2) is 0 Å². The van der Waals surface area contributed by atoms with Crippen molar-refractivity contribution < 1.29 is 33.3 Å². The molecule has 1 saturated heterocycles. The van der Waals surface area contributed by atoms with E-state index in [2.05, 4.69) is 5.32 Å². The number of aryl methyl sites for hydroxylation is 1. The smallest absolute Gasteiger partial charge is 0.293 e. The van der Waals surface area contributed by atoms with Crippen LogP contribution in [0.1, 0.15) is 23.6 Å². The maximum absolute atomic E-state index is 13.1. The predicted octanol–water partition coefficient (Wildman–Crippen LogP) is 6.03. The fourth-order valence-electron chi connectivity index (χ4n) is 4.10. The van der Waals surface area contributed by atoms with Gasteiger partial charge in [-0.15, -0.1) is 0 Å². The van der Waals surface area contributed by atoms with E-state index in [0.29, 0.717) is 51.4 Å². The van der Waals surface area contributed by atoms with Crippen molar-refractivity contribution in [2.45, 2.75) is 20.4 Å². The molecule has 2 aliphatic rings. The van der Waals surface area contributed by atoms with Crippen LogP contribution in [0.15, 0.2) is 59.5 Å². The summed E-state index contributed by atoms with van der Waals surface area (Å²) in [5.41, 5.74) is 2.92. The summed E-state index contributed by atoms with van der Waals surface area (Å²) < 4.78 is 22.1. The van der Waals surface area contributed by atoms with E-state index in [-0.39, 0.29) is 30.8 Å². The van der Waals surface area contributed by atoms with Gasteiger partial charge in [-0.1, -0.05) is 29.8 Å². The molecule has 2 aliphatic heterocycles. The third-order valence-electron chi connectivity index (χ3n) is 5.97. The Morgan fingerprint density at radius 1 is 1.07 bits per heavy atom. The highest BCUT2D eigenvalue weighted by Gasteiger charge is 2.36. The number of hydrogen-bond donors (Lipinski definition) is 1. The van der Waals surface area contributed by atoms with Crippen LogP contribution in [0.5, 0.6) is 23.0 Å². The van der Waals surface area contributed by atoms with E-state index < -0.39 is 11.1 Å². The lowest BCUT2D eigenvalue weighted by molar-refractivity contribution is -0.123. The van der Waals surface area contributed by atoms with Gasteiger partial charge in [0.2, 0.25) is 6.79 Å². The van der Waals surface area contributed by atoms with Crippen LogP contribution in [-0.4, -0.2) is 42.0 Å². The van der Waals surface area contributed by atoms with E-state index in [0.717, 1.165) is 22.2 Å². The molecular formula is C29H25ClN2O7S. The summed E-state index contributed by atoms with van der Waals surface area (Å²) in [5.74, 6) is 1.07. The van der Waals surface area contributed by atoms with Gasteiger partial charge in [0.15, 0.2) is 29.6 Å². The van der Waals surface area contributed by atoms with Crippen LogP contribution in [0.4, 0.5) is 10.5 Å². The molecule has 1 fully saturated rings. The molecule has 9 nitrogen and oxygen atoms in total. The van der Waals surface area contributed by atoms with Crippen LogP contribution in [0.2, 0.25) is 5.02 Å². The quantitative estimate of drug-likeness (QED) is 0.306. The van der Waals surface area contributed by atoms with Crippen molar-refractivity contribution in [3.8, 4) is 23.0 Å². The van der Waals surface area contributed by atoms with Crippen LogP contribution >= 0.6 is 23.4 Å². The van der Waals surface area contributed by atoms with Crippen LogP contribution in [-0.2, 0) is 16.1 Å². The number of rotatable bonds is 9. The third kappa shape index (κ3) is 6.19. The number of fused-ring (bicyclic) bond motifs is 1. The molecule has 11 heteroatoms. The van der Waals surface area contributed by atoms with Crippen LogP contribution in [0.3, 0.4) is 0 Å². The average Bonchev–Trinajstić information content (AvgIpc) is 3.47. The Labute approximate surface area is 240 Å². The topological polar surface area (TPSA) is 103 Å². The van der Waals surface area contributed by atoms with Crippen molar-refractivity contribution >= 4 is 52.2 Å². The highest BCUT2D eigenvalue weighted by atomic mass is 35.5. The minimum Gasteiger partial charge on any atom is -0.490 e. The molecule has 1 N–H and O–H groups in total. The van der Waals surface area contributed by atoms with Crippen molar-refractivity contribution in [3.05, 3.63) is 81.2 Å². The normalized spacial score (nSPS) is 15.1. The Morgan fingerprint density at radius 3 is 2.65 bits per heavy atom. The number of imide groups is 1. The SMILES string of the molecule is CCOc1cc(/C=C2/SC(=O)N(Cc3cc4c(cc3Cl)OCO4)C2=O)ccc1OCC(=O)Nc1cccc(C)c1. The summed E-state index contributed by atoms with van der Waals surface area (Å²) in [4.78, 5) is 39.6. The Balaban J connectivity index is 1.27. The first-order valence-electron chi connectivity index (χ1n) is 12.4. The minimum atomic E-state index is -0.435. The van der Waals surface area contributed by atoms with Crippen molar-refractivity contribution in [2.75, 3.05) is 25.3 Å². The summed E-state index contributed by atoms with van der Waals surface area (Å²) in [5, 5.41) is 2.76. The summed E-state index contributed by atoms with van der Waals surface area (Å²) in [6, 6.07) is 15.8. The average molecular weight is 581 g/mol. The Kier molecular flexibility index (Phi) is 8.18. The maximum Gasteiger partial charge on any atom is 0.293 e. The number of carbonyl (C=O) groups is 3. The summed E-state index contributed by atoms with van der Waals surface area (Å²) in [6.07, 6.45) is 1.61. The molecule has 206 valence electrons. The first-order chi connectivity index (χ1) is 19.3. The molecule has 40 heavy (non-hydrogen) atoms. The van der Waals surface area contributed by atoms with E-state index >= 15 is 0 Å². The molecule has 3 aromatic carbocycles. The van der Waals surface area contributed by atoms with E-state index in [4.69, 9.17) is 30.5 Å². The van der Waals surface area contributed by atoms with Gasteiger partial charge >= 0.3 is 0 Å². The summed E-state index contributed by atoms with van der Waals surface area (Å²) in [7, 11) is 0. The van der Waals surface area contributed by atoms with Crippen molar-refractivity contribution in [1.29, 1.82) is 0 Å². The van der Waals surface area contributed by atoms with Crippen LogP contribution in [0, 0.1) is 6.92 Å². The van der Waals surface area contributed by atoms with Crippen LogP contribution < -0.4 is 24.3 Å². The maximum atomic E-state index is 13.1. The Morgan fingerprint density at radius 2 is 1.88 bits per heavy atom. The number of amides is 3. The fourth-order valence-corrected chi connectivity index (χ4v) is 5.16. The number of nitrogens with zero attached hydrogens (tertiary/aromatic N) is 1. The van der Waals surface area contributed by atoms with Gasteiger partial charge in [-0.2, -0.15) is 0 Å². The lowest BCUT2D eigenvalue weighted by Crippen LogP contribution is -2.27. The summed E-state index contributed by atoms with van der Waals surface area (Å²) in [6.45, 7) is 4.01. The molecule has 0 saturated carbocycles. The number of nitrogens with one attached hydrogen (secondary N) is 1. The largest absolute Gasteiger partial charge is 0.490 e. The lowest BCUT2D eigenvalue weighted by atomic mass is 10.1. The molecule has 0 bridgehead atoms. The molecule has 0 spiro atoms. The highest BCUT2D eigenvalue weighted by Crippen LogP contribution is 2.40. The number of halogens is 1. The van der Waals surface area contributed by atoms with Gasteiger partial charge in [0.1, 0.15) is 0 Å². The number of ether oxygens (including phenoxy) is 4. The molecule has 0 unspecified atom stereocenters. The van der Waals surface area contributed by atoms with Gasteiger partial charge < -0.3 is 24.3 Å². The number of hydrogen-bond acceptors (Lipinski definition) is 8. The fraction of sp³-hybridized carbons (Fsp3) is 0.207. The molecule has 0 atom stereocenters. The van der Waals surface area contributed by atoms with E-state index in [1.807, 2.05) is 32.0 Å². The van der Waals surface area contributed by atoms with Gasteiger partial charge in [0.05, 0.1) is 18.1 Å². The lowest BCUT2D eigenvalue weighted by Gasteiger charge is -2.14. The Hall–Kier alpha value is -4.15. The van der Waals surface area contributed by atoms with Gasteiger partial charge in [-0.05, 0) is 78.7 Å². The summed E-state index contributed by atoms with van der Waals surface area (Å²) >= 11 is 7.19. The molecule has 0 radical (unpaired) electrons. The first-order valence-corrected chi connectivity index (χ1v) is 13.6. The molecule has 0 aliphatic carbocycles. The van der Waals surface area contributed by atoms with Crippen molar-refractivity contribution in [1.82, 2.24) is 4.90 Å². The van der Waals surface area contributed by atoms with Gasteiger partial charge in [0, 0.05) is 16.8 Å². The van der Waals surface area contributed by atoms with Crippen molar-refractivity contribution in [3.63, 3.8) is 0 Å². The van der Waals surface area contributed by atoms with Gasteiger partial charge in [0.25, 0.3) is 17.1 Å². The van der Waals surface area contributed by atoms with E-state index in [1.54, 1.807) is 42.5 Å². The van der Waals surface area contributed by atoms with Gasteiger partial charge in [-0.3, -0.25) is 19.3 Å². The number of benzene rings is 3. The molecule has 5 rings (SSSR count). The minimum absolute atomic E-state index is 0.000925. The zero-order chi connectivity index (χ0) is 28.2. The van der Waals surface area contributed by atoms with E-state index in [9.17, 15) is 14.4 Å². The molecular weight excluding hydrogens is 556 g/mol.